The maximum absolute atomic E-state index is 6.27. The molecule has 1 aliphatic carbocycles. The zero-order valence-electron chi connectivity index (χ0n) is 12.9. The highest BCUT2D eigenvalue weighted by atomic mass is 16.5. The minimum Gasteiger partial charge on any atom is -0.490 e. The van der Waals surface area contributed by atoms with Gasteiger partial charge < -0.3 is 15.2 Å². The molecule has 1 aromatic carbocycles. The molecule has 1 aromatic rings. The van der Waals surface area contributed by atoms with Crippen LogP contribution in [0.5, 0.6) is 11.5 Å². The molecule has 3 nitrogen and oxygen atoms in total. The lowest BCUT2D eigenvalue weighted by atomic mass is 9.80. The minimum absolute atomic E-state index is 0.285. The Balaban J connectivity index is 2.15. The molecule has 3 heteroatoms. The van der Waals surface area contributed by atoms with E-state index in [4.69, 9.17) is 15.2 Å². The number of hydrogen-bond acceptors (Lipinski definition) is 3. The summed E-state index contributed by atoms with van der Waals surface area (Å²) in [5.74, 6) is 3.19. The number of rotatable bonds is 5. The highest BCUT2D eigenvalue weighted by Gasteiger charge is 2.27. The van der Waals surface area contributed by atoms with Crippen molar-refractivity contribution < 1.29 is 9.47 Å². The Bertz CT molecular complexity index is 433. The molecule has 3 unspecified atom stereocenters. The Labute approximate surface area is 122 Å². The van der Waals surface area contributed by atoms with Gasteiger partial charge in [-0.2, -0.15) is 0 Å². The van der Waals surface area contributed by atoms with Gasteiger partial charge in [-0.15, -0.1) is 0 Å². The molecule has 2 rings (SSSR count). The molecule has 2 N–H and O–H groups in total. The van der Waals surface area contributed by atoms with E-state index in [2.05, 4.69) is 13.8 Å². The first-order chi connectivity index (χ1) is 9.65. The Morgan fingerprint density at radius 2 is 2.00 bits per heavy atom. The van der Waals surface area contributed by atoms with E-state index in [0.717, 1.165) is 35.8 Å². The Morgan fingerprint density at radius 3 is 2.65 bits per heavy atom. The van der Waals surface area contributed by atoms with Crippen LogP contribution in [0.3, 0.4) is 0 Å². The monoisotopic (exact) mass is 277 g/mol. The van der Waals surface area contributed by atoms with Crippen LogP contribution in [0.1, 0.15) is 45.6 Å². The lowest BCUT2D eigenvalue weighted by Gasteiger charge is -2.33. The summed E-state index contributed by atoms with van der Waals surface area (Å²) in [5, 5.41) is 0. The normalized spacial score (nSPS) is 26.3. The lowest BCUT2D eigenvalue weighted by Crippen LogP contribution is -2.29. The van der Waals surface area contributed by atoms with Crippen molar-refractivity contribution in [1.29, 1.82) is 0 Å². The number of ether oxygens (including phenoxy) is 2. The Hall–Kier alpha value is -1.22. The second-order valence-corrected chi connectivity index (χ2v) is 5.89. The van der Waals surface area contributed by atoms with Crippen molar-refractivity contribution in [2.24, 2.45) is 17.6 Å². The molecule has 0 aliphatic heterocycles. The summed E-state index contributed by atoms with van der Waals surface area (Å²) in [6.45, 7) is 7.76. The molecule has 0 amide bonds. The summed E-state index contributed by atoms with van der Waals surface area (Å²) in [6.07, 6.45) is 3.76. The summed E-state index contributed by atoms with van der Waals surface area (Å²) < 4.78 is 12.0. The molecule has 0 saturated heterocycles. The summed E-state index contributed by atoms with van der Waals surface area (Å²) in [4.78, 5) is 0. The van der Waals surface area contributed by atoms with Gasteiger partial charge in [0, 0.05) is 12.1 Å². The quantitative estimate of drug-likeness (QED) is 0.891. The van der Waals surface area contributed by atoms with Gasteiger partial charge in [0.15, 0.2) is 11.5 Å². The molecular formula is C17H27NO2. The van der Waals surface area contributed by atoms with Gasteiger partial charge in [0.05, 0.1) is 12.7 Å². The molecule has 1 fully saturated rings. The lowest BCUT2D eigenvalue weighted by molar-refractivity contribution is 0.0960. The Morgan fingerprint density at radius 1 is 1.20 bits per heavy atom. The highest BCUT2D eigenvalue weighted by Crippen LogP contribution is 2.37. The maximum atomic E-state index is 6.27. The maximum Gasteiger partial charge on any atom is 0.166 e. The van der Waals surface area contributed by atoms with E-state index >= 15 is 0 Å². The molecular weight excluding hydrogens is 250 g/mol. The van der Waals surface area contributed by atoms with Gasteiger partial charge in [-0.05, 0) is 44.1 Å². The fourth-order valence-corrected chi connectivity index (χ4v) is 2.90. The fraction of sp³-hybridized carbons (Fsp3) is 0.647. The zero-order chi connectivity index (χ0) is 14.5. The Kier molecular flexibility index (Phi) is 5.30. The molecule has 0 aromatic heterocycles. The summed E-state index contributed by atoms with van der Waals surface area (Å²) >= 11 is 0. The van der Waals surface area contributed by atoms with Crippen molar-refractivity contribution in [2.45, 2.75) is 52.7 Å². The van der Waals surface area contributed by atoms with Crippen LogP contribution in [-0.2, 0) is 6.54 Å². The number of benzene rings is 1. The summed E-state index contributed by atoms with van der Waals surface area (Å²) in [6, 6.07) is 5.96. The van der Waals surface area contributed by atoms with Gasteiger partial charge in [-0.3, -0.25) is 0 Å². The van der Waals surface area contributed by atoms with E-state index < -0.39 is 0 Å². The average Bonchev–Trinajstić information content (AvgIpc) is 2.45. The van der Waals surface area contributed by atoms with Crippen LogP contribution in [0.2, 0.25) is 0 Å². The van der Waals surface area contributed by atoms with Crippen molar-refractivity contribution in [3.05, 3.63) is 23.8 Å². The van der Waals surface area contributed by atoms with E-state index in [-0.39, 0.29) is 6.10 Å². The summed E-state index contributed by atoms with van der Waals surface area (Å²) in [5.41, 5.74) is 6.86. The molecule has 1 aliphatic rings. The molecule has 0 radical (unpaired) electrons. The van der Waals surface area contributed by atoms with Crippen LogP contribution in [0.4, 0.5) is 0 Å². The van der Waals surface area contributed by atoms with Crippen molar-refractivity contribution in [3.63, 3.8) is 0 Å². The average molecular weight is 277 g/mol. The standard InChI is InChI=1S/C17H27NO2/c1-4-19-16-7-5-6-14(11-18)17(16)20-15-9-8-12(2)13(3)10-15/h5-7,12-13,15H,4,8-11,18H2,1-3H3. The van der Waals surface area contributed by atoms with E-state index in [9.17, 15) is 0 Å². The number of hydrogen-bond donors (Lipinski definition) is 1. The molecule has 20 heavy (non-hydrogen) atoms. The molecule has 0 bridgehead atoms. The topological polar surface area (TPSA) is 44.5 Å². The molecule has 112 valence electrons. The van der Waals surface area contributed by atoms with Crippen molar-refractivity contribution >= 4 is 0 Å². The molecule has 1 saturated carbocycles. The summed E-state index contributed by atoms with van der Waals surface area (Å²) in [7, 11) is 0. The SMILES string of the molecule is CCOc1cccc(CN)c1OC1CCC(C)C(C)C1. The van der Waals surface area contributed by atoms with Crippen LogP contribution in [0, 0.1) is 11.8 Å². The largest absolute Gasteiger partial charge is 0.490 e. The van der Waals surface area contributed by atoms with Crippen LogP contribution in [-0.4, -0.2) is 12.7 Å². The van der Waals surface area contributed by atoms with Gasteiger partial charge in [0.2, 0.25) is 0 Å². The van der Waals surface area contributed by atoms with E-state index in [0.29, 0.717) is 19.1 Å². The van der Waals surface area contributed by atoms with Gasteiger partial charge in [-0.1, -0.05) is 26.0 Å². The predicted molar refractivity (Wildman–Crippen MR) is 82.1 cm³/mol. The molecule has 3 atom stereocenters. The molecule has 0 spiro atoms. The fourth-order valence-electron chi connectivity index (χ4n) is 2.90. The van der Waals surface area contributed by atoms with Gasteiger partial charge in [-0.25, -0.2) is 0 Å². The number of nitrogens with two attached hydrogens (primary N) is 1. The van der Waals surface area contributed by atoms with Crippen molar-refractivity contribution in [2.75, 3.05) is 6.61 Å². The number of para-hydroxylation sites is 1. The third kappa shape index (κ3) is 3.45. The first-order valence-corrected chi connectivity index (χ1v) is 7.77. The second kappa shape index (κ2) is 6.98. The van der Waals surface area contributed by atoms with Crippen LogP contribution in [0.15, 0.2) is 18.2 Å². The molecule has 0 heterocycles. The first kappa shape index (κ1) is 15.2. The second-order valence-electron chi connectivity index (χ2n) is 5.89. The third-order valence-corrected chi connectivity index (χ3v) is 4.41. The smallest absolute Gasteiger partial charge is 0.166 e. The zero-order valence-corrected chi connectivity index (χ0v) is 12.9. The van der Waals surface area contributed by atoms with Gasteiger partial charge >= 0.3 is 0 Å². The van der Waals surface area contributed by atoms with E-state index in [1.807, 2.05) is 25.1 Å². The van der Waals surface area contributed by atoms with E-state index in [1.54, 1.807) is 0 Å². The van der Waals surface area contributed by atoms with Crippen LogP contribution < -0.4 is 15.2 Å². The van der Waals surface area contributed by atoms with Gasteiger partial charge in [0.1, 0.15) is 0 Å². The third-order valence-electron chi connectivity index (χ3n) is 4.41. The predicted octanol–water partition coefficient (Wildman–Crippen LogP) is 3.75. The van der Waals surface area contributed by atoms with Crippen LogP contribution in [0.25, 0.3) is 0 Å². The van der Waals surface area contributed by atoms with E-state index in [1.165, 1.54) is 6.42 Å². The minimum atomic E-state index is 0.285. The highest BCUT2D eigenvalue weighted by molar-refractivity contribution is 5.46. The van der Waals surface area contributed by atoms with Crippen molar-refractivity contribution in [3.8, 4) is 11.5 Å². The first-order valence-electron chi connectivity index (χ1n) is 7.77. The van der Waals surface area contributed by atoms with Crippen molar-refractivity contribution in [1.82, 2.24) is 0 Å². The van der Waals surface area contributed by atoms with Gasteiger partial charge in [0.25, 0.3) is 0 Å². The van der Waals surface area contributed by atoms with Crippen LogP contribution >= 0.6 is 0 Å².